The van der Waals surface area contributed by atoms with E-state index in [0.29, 0.717) is 5.69 Å². The van der Waals surface area contributed by atoms with E-state index in [1.165, 1.54) is 0 Å². The first-order valence-corrected chi connectivity index (χ1v) is 4.03. The molecule has 0 amide bonds. The third kappa shape index (κ3) is 3.59. The summed E-state index contributed by atoms with van der Waals surface area (Å²) < 4.78 is 0. The van der Waals surface area contributed by atoms with Gasteiger partial charge in [0.1, 0.15) is 5.69 Å². The lowest BCUT2D eigenvalue weighted by Crippen LogP contribution is -2.10. The number of nitrogens with zero attached hydrogens (tertiary/aromatic N) is 2. The van der Waals surface area contributed by atoms with Crippen LogP contribution >= 0.6 is 0 Å². The van der Waals surface area contributed by atoms with Crippen LogP contribution in [0.5, 0.6) is 0 Å². The fourth-order valence-corrected chi connectivity index (χ4v) is 0.767. The van der Waals surface area contributed by atoms with Gasteiger partial charge in [-0.2, -0.15) is 0 Å². The molecule has 68 valence electrons. The average molecular weight is 175 g/mol. The van der Waals surface area contributed by atoms with Crippen LogP contribution < -0.4 is 5.73 Å². The van der Waals surface area contributed by atoms with Crippen molar-refractivity contribution in [2.24, 2.45) is 0 Å². The van der Waals surface area contributed by atoms with E-state index in [1.54, 1.807) is 12.3 Å². The van der Waals surface area contributed by atoms with Crippen molar-refractivity contribution in [3.8, 4) is 11.8 Å². The molecule has 3 nitrogen and oxygen atoms in total. The maximum absolute atomic E-state index is 5.48. The highest BCUT2D eigenvalue weighted by Gasteiger charge is 1.87. The molecule has 13 heavy (non-hydrogen) atoms. The Morgan fingerprint density at radius 1 is 1.46 bits per heavy atom. The topological polar surface area (TPSA) is 42.1 Å². The molecule has 0 saturated heterocycles. The summed E-state index contributed by atoms with van der Waals surface area (Å²) in [7, 11) is 3.95. The Morgan fingerprint density at radius 2 is 2.23 bits per heavy atom. The summed E-state index contributed by atoms with van der Waals surface area (Å²) in [5, 5.41) is 0. The first kappa shape index (κ1) is 9.56. The molecule has 1 rings (SSSR count). The standard InChI is InChI=1S/C10H13N3/c1-13(2)7-3-4-10-6-5-9(11)8-12-10/h5-6,8H,7,11H2,1-2H3. The molecule has 0 aliphatic rings. The summed E-state index contributed by atoms with van der Waals surface area (Å²) in [5.74, 6) is 5.94. The van der Waals surface area contributed by atoms with Crippen molar-refractivity contribution >= 4 is 5.69 Å². The molecule has 0 atom stereocenters. The molecule has 0 bridgehead atoms. The molecule has 1 aromatic heterocycles. The third-order valence-corrected chi connectivity index (χ3v) is 1.40. The fourth-order valence-electron chi connectivity index (χ4n) is 0.767. The quantitative estimate of drug-likeness (QED) is 0.635. The molecule has 0 unspecified atom stereocenters. The van der Waals surface area contributed by atoms with Crippen LogP contribution in [-0.4, -0.2) is 30.5 Å². The normalized spacial score (nSPS) is 9.46. The number of hydrogen-bond acceptors (Lipinski definition) is 3. The monoisotopic (exact) mass is 175 g/mol. The Morgan fingerprint density at radius 3 is 2.77 bits per heavy atom. The van der Waals surface area contributed by atoms with Gasteiger partial charge in [-0.15, -0.1) is 0 Å². The number of aromatic nitrogens is 1. The molecule has 0 aliphatic carbocycles. The van der Waals surface area contributed by atoms with Gasteiger partial charge < -0.3 is 5.73 Å². The molecular formula is C10H13N3. The Hall–Kier alpha value is -1.53. The maximum atomic E-state index is 5.48. The molecule has 0 aromatic carbocycles. The van der Waals surface area contributed by atoms with Crippen molar-refractivity contribution in [2.45, 2.75) is 0 Å². The third-order valence-electron chi connectivity index (χ3n) is 1.40. The van der Waals surface area contributed by atoms with E-state index in [4.69, 9.17) is 5.73 Å². The highest BCUT2D eigenvalue weighted by Crippen LogP contribution is 1.98. The van der Waals surface area contributed by atoms with E-state index < -0.39 is 0 Å². The zero-order valence-corrected chi connectivity index (χ0v) is 7.91. The Kier molecular flexibility index (Phi) is 3.30. The van der Waals surface area contributed by atoms with Crippen LogP contribution in [0.1, 0.15) is 5.69 Å². The average Bonchev–Trinajstić information content (AvgIpc) is 2.08. The number of anilines is 1. The Labute approximate surface area is 78.6 Å². The van der Waals surface area contributed by atoms with Gasteiger partial charge in [0, 0.05) is 0 Å². The van der Waals surface area contributed by atoms with E-state index in [1.807, 2.05) is 25.1 Å². The molecule has 1 heterocycles. The van der Waals surface area contributed by atoms with Crippen LogP contribution in [0.25, 0.3) is 0 Å². The summed E-state index contributed by atoms with van der Waals surface area (Å²) in [4.78, 5) is 6.06. The number of nitrogen functional groups attached to an aromatic ring is 1. The Bertz CT molecular complexity index is 316. The minimum Gasteiger partial charge on any atom is -0.397 e. The van der Waals surface area contributed by atoms with Crippen LogP contribution in [0.4, 0.5) is 5.69 Å². The second kappa shape index (κ2) is 4.48. The molecule has 2 N–H and O–H groups in total. The molecule has 0 fully saturated rings. The van der Waals surface area contributed by atoms with Crippen LogP contribution in [0, 0.1) is 11.8 Å². The van der Waals surface area contributed by atoms with Gasteiger partial charge >= 0.3 is 0 Å². The van der Waals surface area contributed by atoms with E-state index in [9.17, 15) is 0 Å². The van der Waals surface area contributed by atoms with E-state index in [2.05, 4.69) is 16.8 Å². The van der Waals surface area contributed by atoms with Crippen molar-refractivity contribution in [3.63, 3.8) is 0 Å². The van der Waals surface area contributed by atoms with Gasteiger partial charge in [-0.25, -0.2) is 4.98 Å². The van der Waals surface area contributed by atoms with Crippen LogP contribution in [0.15, 0.2) is 18.3 Å². The largest absolute Gasteiger partial charge is 0.397 e. The van der Waals surface area contributed by atoms with Crippen molar-refractivity contribution in [1.29, 1.82) is 0 Å². The SMILES string of the molecule is CN(C)CC#Cc1ccc(N)cn1. The van der Waals surface area contributed by atoms with Crippen LogP contribution in [-0.2, 0) is 0 Å². The number of pyridine rings is 1. The molecule has 3 heteroatoms. The van der Waals surface area contributed by atoms with Crippen LogP contribution in [0.2, 0.25) is 0 Å². The molecule has 0 radical (unpaired) electrons. The van der Waals surface area contributed by atoms with E-state index in [0.717, 1.165) is 12.2 Å². The lowest BCUT2D eigenvalue weighted by molar-refractivity contribution is 0.464. The smallest absolute Gasteiger partial charge is 0.113 e. The van der Waals surface area contributed by atoms with Crippen molar-refractivity contribution in [2.75, 3.05) is 26.4 Å². The molecule has 0 spiro atoms. The molecule has 0 saturated carbocycles. The summed E-state index contributed by atoms with van der Waals surface area (Å²) in [6, 6.07) is 3.62. The van der Waals surface area contributed by atoms with Gasteiger partial charge in [0.05, 0.1) is 18.4 Å². The first-order chi connectivity index (χ1) is 6.18. The van der Waals surface area contributed by atoms with Gasteiger partial charge in [-0.05, 0) is 32.1 Å². The first-order valence-electron chi connectivity index (χ1n) is 4.03. The van der Waals surface area contributed by atoms with Gasteiger partial charge in [0.2, 0.25) is 0 Å². The van der Waals surface area contributed by atoms with Gasteiger partial charge in [0.25, 0.3) is 0 Å². The predicted octanol–water partition coefficient (Wildman–Crippen LogP) is 0.577. The van der Waals surface area contributed by atoms with Gasteiger partial charge in [-0.1, -0.05) is 5.92 Å². The highest BCUT2D eigenvalue weighted by atomic mass is 15.0. The number of hydrogen-bond donors (Lipinski definition) is 1. The van der Waals surface area contributed by atoms with Gasteiger partial charge in [-0.3, -0.25) is 4.90 Å². The maximum Gasteiger partial charge on any atom is 0.113 e. The molecule has 1 aromatic rings. The zero-order chi connectivity index (χ0) is 9.68. The van der Waals surface area contributed by atoms with E-state index in [-0.39, 0.29) is 0 Å². The van der Waals surface area contributed by atoms with Crippen LogP contribution in [0.3, 0.4) is 0 Å². The Balaban J connectivity index is 2.62. The molecule has 0 aliphatic heterocycles. The van der Waals surface area contributed by atoms with Crippen molar-refractivity contribution < 1.29 is 0 Å². The zero-order valence-electron chi connectivity index (χ0n) is 7.91. The molecular weight excluding hydrogens is 162 g/mol. The second-order valence-electron chi connectivity index (χ2n) is 3.02. The lowest BCUT2D eigenvalue weighted by atomic mass is 10.3. The summed E-state index contributed by atoms with van der Waals surface area (Å²) in [6.07, 6.45) is 1.61. The minimum atomic E-state index is 0.665. The highest BCUT2D eigenvalue weighted by molar-refractivity contribution is 5.38. The van der Waals surface area contributed by atoms with Crippen molar-refractivity contribution in [1.82, 2.24) is 9.88 Å². The predicted molar refractivity (Wildman–Crippen MR) is 54.1 cm³/mol. The van der Waals surface area contributed by atoms with E-state index >= 15 is 0 Å². The van der Waals surface area contributed by atoms with Crippen molar-refractivity contribution in [3.05, 3.63) is 24.0 Å². The summed E-state index contributed by atoms with van der Waals surface area (Å²) in [5.41, 5.74) is 6.91. The van der Waals surface area contributed by atoms with Gasteiger partial charge in [0.15, 0.2) is 0 Å². The number of rotatable bonds is 1. The minimum absolute atomic E-state index is 0.665. The fraction of sp³-hybridized carbons (Fsp3) is 0.300. The second-order valence-corrected chi connectivity index (χ2v) is 3.02. The number of nitrogens with two attached hydrogens (primary N) is 1. The lowest BCUT2D eigenvalue weighted by Gasteiger charge is -2.00. The summed E-state index contributed by atoms with van der Waals surface area (Å²) >= 11 is 0. The summed E-state index contributed by atoms with van der Waals surface area (Å²) in [6.45, 7) is 0.742.